The molecule has 0 aliphatic carbocycles. The number of aliphatic hydroxyl groups excluding tert-OH is 1. The zero-order valence-corrected chi connectivity index (χ0v) is 20.5. The topological polar surface area (TPSA) is 92.6 Å². The molecule has 0 spiro atoms. The van der Waals surface area contributed by atoms with Gasteiger partial charge in [0.1, 0.15) is 10.8 Å². The zero-order chi connectivity index (χ0) is 25.2. The first-order valence-corrected chi connectivity index (χ1v) is 12.3. The van der Waals surface area contributed by atoms with Gasteiger partial charge in [0.25, 0.3) is 5.91 Å². The van der Waals surface area contributed by atoms with Crippen LogP contribution >= 0.6 is 11.3 Å². The molecule has 1 amide bonds. The lowest BCUT2D eigenvalue weighted by Crippen LogP contribution is -2.31. The Labute approximate surface area is 212 Å². The zero-order valence-electron chi connectivity index (χ0n) is 19.7. The van der Waals surface area contributed by atoms with Crippen molar-refractivity contribution in [2.45, 2.75) is 19.9 Å². The quantitative estimate of drug-likeness (QED) is 0.330. The molecule has 5 rings (SSSR count). The van der Waals surface area contributed by atoms with Gasteiger partial charge in [0.15, 0.2) is 5.76 Å². The summed E-state index contributed by atoms with van der Waals surface area (Å²) in [6, 6.07) is 19.2. The molecule has 8 heteroatoms. The lowest BCUT2D eigenvalue weighted by atomic mass is 9.95. The highest BCUT2D eigenvalue weighted by molar-refractivity contribution is 7.17. The van der Waals surface area contributed by atoms with Gasteiger partial charge in [-0.2, -0.15) is 0 Å². The average Bonchev–Trinajstić information content (AvgIpc) is 3.43. The fourth-order valence-electron chi connectivity index (χ4n) is 4.27. The molecule has 0 bridgehead atoms. The van der Waals surface area contributed by atoms with E-state index >= 15 is 0 Å². The molecule has 1 atom stereocenters. The van der Waals surface area contributed by atoms with Gasteiger partial charge < -0.3 is 9.84 Å². The summed E-state index contributed by atoms with van der Waals surface area (Å²) in [7, 11) is 0. The normalized spacial score (nSPS) is 15.4. The Balaban J connectivity index is 1.59. The standard InChI is InChI=1S/C28H23N3O4S/c1-3-35-21-11-9-20(10-12-21)31-23(18-13-15-29-16-14-18)22(25(33)28(31)34)24(32)26-17(2)30-27(36-26)19-7-5-4-6-8-19/h4-16,23,33H,3H2,1-2H3. The predicted molar refractivity (Wildman–Crippen MR) is 138 cm³/mol. The molecule has 1 aliphatic rings. The molecule has 1 unspecified atom stereocenters. The molecular weight excluding hydrogens is 474 g/mol. The van der Waals surface area contributed by atoms with Gasteiger partial charge in [-0.15, -0.1) is 11.3 Å². The summed E-state index contributed by atoms with van der Waals surface area (Å²) >= 11 is 1.25. The third kappa shape index (κ3) is 4.16. The van der Waals surface area contributed by atoms with Crippen molar-refractivity contribution in [3.63, 3.8) is 0 Å². The number of anilines is 1. The molecule has 0 saturated carbocycles. The minimum Gasteiger partial charge on any atom is -0.503 e. The summed E-state index contributed by atoms with van der Waals surface area (Å²) in [6.45, 7) is 4.17. The number of ether oxygens (including phenoxy) is 1. The number of carbonyl (C=O) groups is 2. The largest absolute Gasteiger partial charge is 0.503 e. The van der Waals surface area contributed by atoms with Crippen LogP contribution in [0.2, 0.25) is 0 Å². The number of carbonyl (C=O) groups excluding carboxylic acids is 2. The number of amides is 1. The Morgan fingerprint density at radius 1 is 1.06 bits per heavy atom. The first-order chi connectivity index (χ1) is 17.5. The van der Waals surface area contributed by atoms with Gasteiger partial charge in [-0.25, -0.2) is 4.98 Å². The number of hydrogen-bond donors (Lipinski definition) is 1. The van der Waals surface area contributed by atoms with Crippen LogP contribution in [0.25, 0.3) is 10.6 Å². The van der Waals surface area contributed by atoms with E-state index < -0.39 is 23.5 Å². The lowest BCUT2D eigenvalue weighted by Gasteiger charge is -2.27. The Kier molecular flexibility index (Phi) is 6.35. The predicted octanol–water partition coefficient (Wildman–Crippen LogP) is 5.70. The fraction of sp³-hybridized carbons (Fsp3) is 0.143. The van der Waals surface area contributed by atoms with E-state index in [2.05, 4.69) is 9.97 Å². The fourth-order valence-corrected chi connectivity index (χ4v) is 5.29. The number of ketones is 1. The van der Waals surface area contributed by atoms with E-state index in [1.54, 1.807) is 55.7 Å². The summed E-state index contributed by atoms with van der Waals surface area (Å²) in [5, 5.41) is 11.7. The molecule has 0 radical (unpaired) electrons. The van der Waals surface area contributed by atoms with Crippen molar-refractivity contribution in [3.05, 3.63) is 107 Å². The van der Waals surface area contributed by atoms with E-state index in [-0.39, 0.29) is 5.57 Å². The van der Waals surface area contributed by atoms with E-state index in [0.717, 1.165) is 5.56 Å². The van der Waals surface area contributed by atoms with Crippen LogP contribution in [0.4, 0.5) is 5.69 Å². The van der Waals surface area contributed by atoms with Crippen LogP contribution in [-0.2, 0) is 4.79 Å². The minimum absolute atomic E-state index is 0.0199. The molecule has 36 heavy (non-hydrogen) atoms. The number of nitrogens with zero attached hydrogens (tertiary/aromatic N) is 3. The van der Waals surface area contributed by atoms with Crippen molar-refractivity contribution in [2.24, 2.45) is 0 Å². The number of aliphatic hydroxyl groups is 1. The van der Waals surface area contributed by atoms with E-state index in [4.69, 9.17) is 4.74 Å². The van der Waals surface area contributed by atoms with E-state index in [0.29, 0.717) is 39.2 Å². The van der Waals surface area contributed by atoms with Crippen LogP contribution in [0.3, 0.4) is 0 Å². The number of Topliss-reactive ketones (excluding diaryl/α,β-unsaturated/α-hetero) is 1. The minimum atomic E-state index is -0.826. The molecule has 1 aliphatic heterocycles. The van der Waals surface area contributed by atoms with Crippen molar-refractivity contribution in [1.82, 2.24) is 9.97 Å². The Morgan fingerprint density at radius 3 is 2.42 bits per heavy atom. The maximum absolute atomic E-state index is 13.9. The van der Waals surface area contributed by atoms with Crippen LogP contribution in [-0.4, -0.2) is 33.4 Å². The summed E-state index contributed by atoms with van der Waals surface area (Å²) in [5.41, 5.74) is 2.65. The second-order valence-electron chi connectivity index (χ2n) is 8.18. The molecule has 1 N–H and O–H groups in total. The van der Waals surface area contributed by atoms with Gasteiger partial charge in [-0.05, 0) is 55.8 Å². The monoisotopic (exact) mass is 497 g/mol. The van der Waals surface area contributed by atoms with Crippen LogP contribution in [0, 0.1) is 6.92 Å². The molecule has 2 aromatic heterocycles. The third-order valence-electron chi connectivity index (χ3n) is 5.92. The maximum Gasteiger partial charge on any atom is 0.294 e. The number of rotatable bonds is 7. The molecule has 0 fully saturated rings. The molecule has 180 valence electrons. The summed E-state index contributed by atoms with van der Waals surface area (Å²) in [4.78, 5) is 37.8. The Morgan fingerprint density at radius 2 is 1.75 bits per heavy atom. The highest BCUT2D eigenvalue weighted by atomic mass is 32.1. The molecule has 7 nitrogen and oxygen atoms in total. The smallest absolute Gasteiger partial charge is 0.294 e. The van der Waals surface area contributed by atoms with Crippen molar-refractivity contribution < 1.29 is 19.4 Å². The average molecular weight is 498 g/mol. The van der Waals surface area contributed by atoms with E-state index in [1.165, 1.54) is 16.2 Å². The molecule has 3 heterocycles. The van der Waals surface area contributed by atoms with Gasteiger partial charge in [0.2, 0.25) is 5.78 Å². The number of benzene rings is 2. The molecule has 0 saturated heterocycles. The second kappa shape index (κ2) is 9.75. The van der Waals surface area contributed by atoms with E-state index in [9.17, 15) is 14.7 Å². The number of thiazole rings is 1. The van der Waals surface area contributed by atoms with Crippen molar-refractivity contribution in [2.75, 3.05) is 11.5 Å². The van der Waals surface area contributed by atoms with Crippen molar-refractivity contribution in [1.29, 1.82) is 0 Å². The Hall–Kier alpha value is -4.30. The van der Waals surface area contributed by atoms with Gasteiger partial charge in [0.05, 0.1) is 28.8 Å². The number of hydrogen-bond acceptors (Lipinski definition) is 7. The van der Waals surface area contributed by atoms with E-state index in [1.807, 2.05) is 37.3 Å². The van der Waals surface area contributed by atoms with Crippen LogP contribution in [0.1, 0.15) is 33.9 Å². The number of pyridine rings is 1. The summed E-state index contributed by atoms with van der Waals surface area (Å²) in [5.74, 6) is -0.969. The highest BCUT2D eigenvalue weighted by Crippen LogP contribution is 2.43. The lowest BCUT2D eigenvalue weighted by molar-refractivity contribution is -0.117. The van der Waals surface area contributed by atoms with Gasteiger partial charge in [-0.3, -0.25) is 19.5 Å². The van der Waals surface area contributed by atoms with Crippen LogP contribution in [0.15, 0.2) is 90.5 Å². The number of aryl methyl sites for hydroxylation is 1. The van der Waals surface area contributed by atoms with Gasteiger partial charge in [0, 0.05) is 23.6 Å². The van der Waals surface area contributed by atoms with Gasteiger partial charge in [-0.1, -0.05) is 30.3 Å². The first kappa shape index (κ1) is 23.4. The number of aromatic nitrogens is 2. The highest BCUT2D eigenvalue weighted by Gasteiger charge is 2.45. The van der Waals surface area contributed by atoms with Crippen LogP contribution < -0.4 is 9.64 Å². The molecule has 4 aromatic rings. The third-order valence-corrected chi connectivity index (χ3v) is 7.13. The Bertz CT molecular complexity index is 1450. The van der Waals surface area contributed by atoms with Crippen LogP contribution in [0.5, 0.6) is 5.75 Å². The molecule has 2 aromatic carbocycles. The van der Waals surface area contributed by atoms with Gasteiger partial charge >= 0.3 is 0 Å². The first-order valence-electron chi connectivity index (χ1n) is 11.5. The summed E-state index contributed by atoms with van der Waals surface area (Å²) < 4.78 is 5.52. The van der Waals surface area contributed by atoms with Crippen molar-refractivity contribution >= 4 is 28.7 Å². The maximum atomic E-state index is 13.9. The SMILES string of the molecule is CCOc1ccc(N2C(=O)C(O)=C(C(=O)c3sc(-c4ccccc4)nc3C)C2c2ccncc2)cc1. The molecular formula is C28H23N3O4S. The van der Waals surface area contributed by atoms with Crippen molar-refractivity contribution in [3.8, 4) is 16.3 Å². The summed E-state index contributed by atoms with van der Waals surface area (Å²) in [6.07, 6.45) is 3.19. The second-order valence-corrected chi connectivity index (χ2v) is 9.18.